The van der Waals surface area contributed by atoms with Crippen LogP contribution in [0.2, 0.25) is 0 Å². The van der Waals surface area contributed by atoms with Crippen molar-refractivity contribution >= 4 is 34.2 Å². The highest BCUT2D eigenvalue weighted by molar-refractivity contribution is 5.97. The number of nitrogens with one attached hydrogen (secondary N) is 1. The van der Waals surface area contributed by atoms with Crippen LogP contribution in [0.1, 0.15) is 58.5 Å². The number of carbonyl (C=O) groups is 1. The van der Waals surface area contributed by atoms with E-state index in [0.717, 1.165) is 17.3 Å². The fourth-order valence-corrected chi connectivity index (χ4v) is 4.97. The number of aryl methyl sites for hydroxylation is 2. The topological polar surface area (TPSA) is 82.8 Å². The van der Waals surface area contributed by atoms with Gasteiger partial charge in [0, 0.05) is 48.8 Å². The fourth-order valence-electron chi connectivity index (χ4n) is 4.97. The second-order valence-electron chi connectivity index (χ2n) is 10.0. The number of piperidine rings is 1. The average Bonchev–Trinajstić information content (AvgIpc) is 3.31. The Balaban J connectivity index is 1.69. The van der Waals surface area contributed by atoms with Gasteiger partial charge in [-0.2, -0.15) is 13.2 Å². The predicted molar refractivity (Wildman–Crippen MR) is 137 cm³/mol. The number of rotatable bonds is 5. The summed E-state index contributed by atoms with van der Waals surface area (Å²) in [4.78, 5) is 22.0. The number of carboxylic acid groups (broad SMARTS) is 1. The Morgan fingerprint density at radius 1 is 1.08 bits per heavy atom. The Morgan fingerprint density at radius 2 is 1.77 bits per heavy atom. The molecule has 0 amide bonds. The van der Waals surface area contributed by atoms with E-state index in [9.17, 15) is 31.9 Å². The van der Waals surface area contributed by atoms with Crippen LogP contribution in [-0.2, 0) is 6.18 Å². The molecule has 1 aliphatic heterocycles. The van der Waals surface area contributed by atoms with Crippen LogP contribution in [0.5, 0.6) is 0 Å². The summed E-state index contributed by atoms with van der Waals surface area (Å²) in [5, 5.41) is 13.2. The van der Waals surface area contributed by atoms with Gasteiger partial charge in [-0.15, -0.1) is 0 Å². The molecule has 0 bridgehead atoms. The zero-order valence-electron chi connectivity index (χ0n) is 21.4. The lowest BCUT2D eigenvalue weighted by atomic mass is 10.00. The second-order valence-corrected chi connectivity index (χ2v) is 10.0. The van der Waals surface area contributed by atoms with E-state index < -0.39 is 42.6 Å². The summed E-state index contributed by atoms with van der Waals surface area (Å²) in [7, 11) is 0. The van der Waals surface area contributed by atoms with Crippen LogP contribution in [-0.4, -0.2) is 44.5 Å². The molecule has 0 radical (unpaired) electrons. The van der Waals surface area contributed by atoms with Crippen LogP contribution in [0.25, 0.3) is 16.6 Å². The number of aromatic nitrogens is 3. The number of aromatic carboxylic acids is 1. The van der Waals surface area contributed by atoms with Crippen LogP contribution in [0.3, 0.4) is 0 Å². The Bertz CT molecular complexity index is 1590. The maximum Gasteiger partial charge on any atom is 0.434 e. The SMILES string of the molecule is Cc1ccc(N[C@H](C)c2cc(C)cc3c2nc(N2CCC(F)(F)CC2)n2cc(C(F)(F)F)nc32)c(C(=O)O)c1. The molecule has 4 aromatic rings. The number of imidazole rings is 1. The van der Waals surface area contributed by atoms with Crippen molar-refractivity contribution in [2.75, 3.05) is 23.3 Å². The highest BCUT2D eigenvalue weighted by Gasteiger charge is 2.37. The van der Waals surface area contributed by atoms with E-state index in [1.165, 1.54) is 4.40 Å². The molecular weight excluding hydrogens is 521 g/mol. The molecule has 1 atom stereocenters. The summed E-state index contributed by atoms with van der Waals surface area (Å²) >= 11 is 0. The van der Waals surface area contributed by atoms with E-state index in [4.69, 9.17) is 4.98 Å². The van der Waals surface area contributed by atoms with E-state index in [1.54, 1.807) is 49.9 Å². The summed E-state index contributed by atoms with van der Waals surface area (Å²) < 4.78 is 70.1. The third-order valence-corrected chi connectivity index (χ3v) is 6.97. The molecule has 0 saturated carbocycles. The maximum atomic E-state index is 13.9. The van der Waals surface area contributed by atoms with Gasteiger partial charge < -0.3 is 15.3 Å². The van der Waals surface area contributed by atoms with E-state index in [2.05, 4.69) is 10.3 Å². The normalized spacial score (nSPS) is 16.6. The Kier molecular flexibility index (Phi) is 6.39. The van der Waals surface area contributed by atoms with Crippen molar-refractivity contribution in [2.24, 2.45) is 0 Å². The summed E-state index contributed by atoms with van der Waals surface area (Å²) in [6, 6.07) is 7.96. The molecular formula is C27H26F5N5O2. The molecule has 1 fully saturated rings. The van der Waals surface area contributed by atoms with Gasteiger partial charge in [0.15, 0.2) is 5.69 Å². The van der Waals surface area contributed by atoms with Gasteiger partial charge >= 0.3 is 12.1 Å². The molecule has 0 spiro atoms. The van der Waals surface area contributed by atoms with Gasteiger partial charge in [-0.3, -0.25) is 4.40 Å². The van der Waals surface area contributed by atoms with Gasteiger partial charge in [-0.05, 0) is 44.5 Å². The fraction of sp³-hybridized carbons (Fsp3) is 0.370. The Labute approximate surface area is 220 Å². The van der Waals surface area contributed by atoms with E-state index in [1.807, 2.05) is 6.07 Å². The third-order valence-electron chi connectivity index (χ3n) is 6.97. The maximum absolute atomic E-state index is 13.9. The van der Waals surface area contributed by atoms with Crippen LogP contribution in [0.15, 0.2) is 36.5 Å². The molecule has 3 heterocycles. The molecule has 0 aliphatic carbocycles. The summed E-state index contributed by atoms with van der Waals surface area (Å²) in [6.07, 6.45) is -4.76. The summed E-state index contributed by atoms with van der Waals surface area (Å²) in [5.41, 5.74) is 1.81. The Hall–Kier alpha value is -3.96. The van der Waals surface area contributed by atoms with Crippen molar-refractivity contribution < 1.29 is 31.9 Å². The first-order valence-electron chi connectivity index (χ1n) is 12.4. The number of hydrogen-bond acceptors (Lipinski definition) is 5. The second kappa shape index (κ2) is 9.35. The average molecular weight is 548 g/mol. The van der Waals surface area contributed by atoms with Gasteiger partial charge in [0.2, 0.25) is 5.95 Å². The minimum Gasteiger partial charge on any atom is -0.478 e. The predicted octanol–water partition coefficient (Wildman–Crippen LogP) is 6.62. The van der Waals surface area contributed by atoms with Gasteiger partial charge in [-0.25, -0.2) is 23.5 Å². The number of halogens is 5. The van der Waals surface area contributed by atoms with Crippen molar-refractivity contribution in [2.45, 2.75) is 51.8 Å². The number of nitrogens with zero attached hydrogens (tertiary/aromatic N) is 4. The largest absolute Gasteiger partial charge is 0.478 e. The van der Waals surface area contributed by atoms with Crippen LogP contribution < -0.4 is 10.2 Å². The molecule has 7 nitrogen and oxygen atoms in total. The molecule has 2 N–H and O–H groups in total. The molecule has 5 rings (SSSR count). The van der Waals surface area contributed by atoms with Gasteiger partial charge in [0.05, 0.1) is 17.1 Å². The quantitative estimate of drug-likeness (QED) is 0.273. The number of fused-ring (bicyclic) bond motifs is 3. The van der Waals surface area contributed by atoms with Crippen molar-refractivity contribution in [3.05, 3.63) is 64.5 Å². The first kappa shape index (κ1) is 26.6. The monoisotopic (exact) mass is 547 g/mol. The third kappa shape index (κ3) is 5.07. The first-order chi connectivity index (χ1) is 18.2. The van der Waals surface area contributed by atoms with Gasteiger partial charge in [0.25, 0.3) is 5.92 Å². The van der Waals surface area contributed by atoms with Crippen molar-refractivity contribution in [1.82, 2.24) is 14.4 Å². The van der Waals surface area contributed by atoms with Crippen LogP contribution >= 0.6 is 0 Å². The zero-order valence-corrected chi connectivity index (χ0v) is 21.4. The lowest BCUT2D eigenvalue weighted by molar-refractivity contribution is -0.140. The van der Waals surface area contributed by atoms with Gasteiger partial charge in [0.1, 0.15) is 5.65 Å². The molecule has 1 aliphatic rings. The molecule has 0 unspecified atom stereocenters. The lowest BCUT2D eigenvalue weighted by Crippen LogP contribution is -2.40. The molecule has 2 aromatic heterocycles. The van der Waals surface area contributed by atoms with Gasteiger partial charge in [-0.1, -0.05) is 17.7 Å². The summed E-state index contributed by atoms with van der Waals surface area (Å²) in [5.74, 6) is -3.87. The smallest absolute Gasteiger partial charge is 0.434 e. The number of hydrogen-bond donors (Lipinski definition) is 2. The number of anilines is 2. The first-order valence-corrected chi connectivity index (χ1v) is 12.4. The van der Waals surface area contributed by atoms with E-state index in [0.29, 0.717) is 22.2 Å². The lowest BCUT2D eigenvalue weighted by Gasteiger charge is -2.33. The van der Waals surface area contributed by atoms with Crippen molar-refractivity contribution in [1.29, 1.82) is 0 Å². The van der Waals surface area contributed by atoms with E-state index in [-0.39, 0.29) is 30.2 Å². The molecule has 206 valence electrons. The molecule has 1 saturated heterocycles. The highest BCUT2D eigenvalue weighted by atomic mass is 19.4. The minimum atomic E-state index is -4.72. The number of alkyl halides is 5. The molecule has 12 heteroatoms. The summed E-state index contributed by atoms with van der Waals surface area (Å²) in [6.45, 7) is 5.19. The minimum absolute atomic E-state index is 0.0124. The number of carboxylic acids is 1. The van der Waals surface area contributed by atoms with Crippen LogP contribution in [0.4, 0.5) is 33.6 Å². The highest BCUT2D eigenvalue weighted by Crippen LogP contribution is 2.37. The standard InChI is InChI=1S/C27H26F5N5O2/c1-14-4-5-20(18(10-14)24(38)39)33-16(3)17-11-15(2)12-19-22(17)35-25(36-8-6-26(28,29)7-9-36)37-13-21(27(30,31)32)34-23(19)37/h4-5,10-13,16,33H,6-9H2,1-3H3,(H,38,39)/t16-/m1/s1. The molecule has 39 heavy (non-hydrogen) atoms. The van der Waals surface area contributed by atoms with Crippen molar-refractivity contribution in [3.8, 4) is 0 Å². The number of benzene rings is 2. The Morgan fingerprint density at radius 3 is 2.41 bits per heavy atom. The molecule has 2 aromatic carbocycles. The zero-order chi connectivity index (χ0) is 28.3. The van der Waals surface area contributed by atoms with Crippen LogP contribution in [0, 0.1) is 13.8 Å². The van der Waals surface area contributed by atoms with E-state index >= 15 is 0 Å². The van der Waals surface area contributed by atoms with Crippen molar-refractivity contribution in [3.63, 3.8) is 0 Å².